The van der Waals surface area contributed by atoms with Crippen molar-refractivity contribution in [3.05, 3.63) is 12.2 Å². The number of esters is 2. The van der Waals surface area contributed by atoms with Gasteiger partial charge in [0.1, 0.15) is 11.2 Å². The first-order chi connectivity index (χ1) is 10.2. The Balaban J connectivity index is 5.93. The van der Waals surface area contributed by atoms with Gasteiger partial charge in [0.2, 0.25) is 0 Å². The summed E-state index contributed by atoms with van der Waals surface area (Å²) in [6, 6.07) is 0. The molecule has 4 heteroatoms. The molecule has 0 heterocycles. The van der Waals surface area contributed by atoms with Gasteiger partial charge in [-0.25, -0.2) is 0 Å². The van der Waals surface area contributed by atoms with Gasteiger partial charge in [0.15, 0.2) is 5.41 Å². The van der Waals surface area contributed by atoms with Crippen molar-refractivity contribution in [2.45, 2.75) is 79.4 Å². The summed E-state index contributed by atoms with van der Waals surface area (Å²) < 4.78 is 11.0. The third-order valence-corrected chi connectivity index (χ3v) is 2.75. The van der Waals surface area contributed by atoms with Crippen LogP contribution in [0.2, 0.25) is 0 Å². The molecular weight excluding hydrogens is 292 g/mol. The van der Waals surface area contributed by atoms with Crippen molar-refractivity contribution in [3.8, 4) is 11.8 Å². The molecule has 0 amide bonds. The van der Waals surface area contributed by atoms with Gasteiger partial charge in [-0.05, 0) is 61.8 Å². The van der Waals surface area contributed by atoms with Gasteiger partial charge in [-0.15, -0.1) is 18.4 Å². The molecule has 0 N–H and O–H groups in total. The maximum Gasteiger partial charge on any atom is 0.325 e. The fraction of sp³-hybridized carbons (Fsp3) is 0.684. The Morgan fingerprint density at radius 2 is 1.35 bits per heavy atom. The summed E-state index contributed by atoms with van der Waals surface area (Å²) in [4.78, 5) is 25.6. The number of hydrogen-bond donors (Lipinski definition) is 0. The second kappa shape index (κ2) is 7.68. The number of carbonyl (C=O) groups is 2. The van der Waals surface area contributed by atoms with Gasteiger partial charge in [0.25, 0.3) is 0 Å². The monoisotopic (exact) mass is 322 g/mol. The SMILES string of the molecule is C=C(C)CC(CC#CC)(C(=O)OC(C)(C)C)C(=O)OC(C)(C)C. The predicted molar refractivity (Wildman–Crippen MR) is 91.6 cm³/mol. The van der Waals surface area contributed by atoms with E-state index in [2.05, 4.69) is 18.4 Å². The molecule has 0 fully saturated rings. The minimum atomic E-state index is -1.49. The van der Waals surface area contributed by atoms with E-state index in [1.807, 2.05) is 0 Å². The smallest absolute Gasteiger partial charge is 0.325 e. The number of hydrogen-bond acceptors (Lipinski definition) is 4. The molecule has 0 rings (SSSR count). The molecule has 0 aromatic carbocycles. The molecule has 0 unspecified atom stereocenters. The van der Waals surface area contributed by atoms with Gasteiger partial charge >= 0.3 is 11.9 Å². The van der Waals surface area contributed by atoms with Crippen LogP contribution >= 0.6 is 0 Å². The quantitative estimate of drug-likeness (QED) is 0.332. The van der Waals surface area contributed by atoms with E-state index in [4.69, 9.17) is 9.47 Å². The van der Waals surface area contributed by atoms with Gasteiger partial charge < -0.3 is 9.47 Å². The van der Waals surface area contributed by atoms with E-state index in [-0.39, 0.29) is 12.8 Å². The van der Waals surface area contributed by atoms with E-state index in [9.17, 15) is 9.59 Å². The van der Waals surface area contributed by atoms with Crippen LogP contribution in [0.1, 0.15) is 68.2 Å². The topological polar surface area (TPSA) is 52.6 Å². The van der Waals surface area contributed by atoms with Crippen molar-refractivity contribution in [2.75, 3.05) is 0 Å². The molecule has 0 saturated heterocycles. The second-order valence-electron chi connectivity index (χ2n) is 7.82. The Kier molecular flexibility index (Phi) is 7.09. The van der Waals surface area contributed by atoms with Crippen molar-refractivity contribution >= 4 is 11.9 Å². The van der Waals surface area contributed by atoms with Gasteiger partial charge in [0.05, 0.1) is 0 Å². The summed E-state index contributed by atoms with van der Waals surface area (Å²) in [5, 5.41) is 0. The van der Waals surface area contributed by atoms with Crippen molar-refractivity contribution in [1.82, 2.24) is 0 Å². The molecule has 4 nitrogen and oxygen atoms in total. The Labute approximate surface area is 140 Å². The lowest BCUT2D eigenvalue weighted by Gasteiger charge is -2.34. The predicted octanol–water partition coefficient (Wildman–Crippen LogP) is 4.04. The van der Waals surface area contributed by atoms with Crippen LogP contribution in [0.5, 0.6) is 0 Å². The van der Waals surface area contributed by atoms with E-state index in [0.29, 0.717) is 5.57 Å². The number of ether oxygens (including phenoxy) is 2. The van der Waals surface area contributed by atoms with Crippen LogP contribution in [0.3, 0.4) is 0 Å². The fourth-order valence-corrected chi connectivity index (χ4v) is 1.94. The summed E-state index contributed by atoms with van der Waals surface area (Å²) in [7, 11) is 0. The van der Waals surface area contributed by atoms with Crippen LogP contribution in [-0.4, -0.2) is 23.1 Å². The molecule has 23 heavy (non-hydrogen) atoms. The number of rotatable bonds is 5. The third kappa shape index (κ3) is 7.36. The van der Waals surface area contributed by atoms with Crippen molar-refractivity contribution in [2.24, 2.45) is 5.41 Å². The van der Waals surface area contributed by atoms with Crippen molar-refractivity contribution < 1.29 is 19.1 Å². The molecule has 0 aliphatic carbocycles. The third-order valence-electron chi connectivity index (χ3n) is 2.75. The summed E-state index contributed by atoms with van der Waals surface area (Å²) >= 11 is 0. The minimum Gasteiger partial charge on any atom is -0.459 e. The van der Waals surface area contributed by atoms with Crippen LogP contribution in [0.25, 0.3) is 0 Å². The summed E-state index contributed by atoms with van der Waals surface area (Å²) in [6.07, 6.45) is 0.186. The molecular formula is C19H30O4. The summed E-state index contributed by atoms with van der Waals surface area (Å²) in [5.41, 5.74) is -2.22. The molecule has 130 valence electrons. The first kappa shape index (κ1) is 21.2. The highest BCUT2D eigenvalue weighted by Gasteiger charge is 2.50. The first-order valence-electron chi connectivity index (χ1n) is 7.74. The van der Waals surface area contributed by atoms with Crippen LogP contribution in [0.15, 0.2) is 12.2 Å². The minimum absolute atomic E-state index is 0.0419. The molecule has 0 radical (unpaired) electrons. The highest BCUT2D eigenvalue weighted by Crippen LogP contribution is 2.36. The maximum absolute atomic E-state index is 12.8. The number of carbonyl (C=O) groups excluding carboxylic acids is 2. The lowest BCUT2D eigenvalue weighted by atomic mass is 9.78. The van der Waals surface area contributed by atoms with Crippen LogP contribution in [0.4, 0.5) is 0 Å². The van der Waals surface area contributed by atoms with Crippen LogP contribution in [0, 0.1) is 17.3 Å². The van der Waals surface area contributed by atoms with E-state index < -0.39 is 28.6 Å². The largest absolute Gasteiger partial charge is 0.459 e. The molecule has 0 atom stereocenters. The molecule has 0 bridgehead atoms. The van der Waals surface area contributed by atoms with Gasteiger partial charge in [-0.1, -0.05) is 5.57 Å². The molecule has 0 saturated carbocycles. The van der Waals surface area contributed by atoms with E-state index in [1.54, 1.807) is 55.4 Å². The van der Waals surface area contributed by atoms with Gasteiger partial charge in [0, 0.05) is 6.42 Å². The zero-order valence-corrected chi connectivity index (χ0v) is 15.8. The van der Waals surface area contributed by atoms with Gasteiger partial charge in [-0.2, -0.15) is 0 Å². The van der Waals surface area contributed by atoms with E-state index >= 15 is 0 Å². The normalized spacial score (nSPS) is 12.0. The molecule has 0 aromatic heterocycles. The Morgan fingerprint density at radius 1 is 0.957 bits per heavy atom. The van der Waals surface area contributed by atoms with E-state index in [1.165, 1.54) is 0 Å². The zero-order valence-electron chi connectivity index (χ0n) is 15.8. The molecule has 0 aromatic rings. The molecule has 0 aliphatic heterocycles. The average molecular weight is 322 g/mol. The Hall–Kier alpha value is -1.76. The lowest BCUT2D eigenvalue weighted by Crippen LogP contribution is -2.46. The van der Waals surface area contributed by atoms with Crippen LogP contribution < -0.4 is 0 Å². The second-order valence-corrected chi connectivity index (χ2v) is 7.82. The average Bonchev–Trinajstić information content (AvgIpc) is 2.29. The lowest BCUT2D eigenvalue weighted by molar-refractivity contribution is -0.185. The molecule has 0 spiro atoms. The summed E-state index contributed by atoms with van der Waals surface area (Å²) in [5.74, 6) is 4.33. The standard InChI is InChI=1S/C19H30O4/c1-10-11-12-19(13-14(2)3,15(20)22-17(4,5)6)16(21)23-18(7,8)9/h2,12-13H2,1,3-9H3. The van der Waals surface area contributed by atoms with E-state index in [0.717, 1.165) is 0 Å². The summed E-state index contributed by atoms with van der Waals surface area (Å²) in [6.45, 7) is 17.8. The van der Waals surface area contributed by atoms with Crippen molar-refractivity contribution in [1.29, 1.82) is 0 Å². The molecule has 0 aliphatic rings. The maximum atomic E-state index is 12.8. The highest BCUT2D eigenvalue weighted by atomic mass is 16.6. The highest BCUT2D eigenvalue weighted by molar-refractivity contribution is 6.01. The van der Waals surface area contributed by atoms with Crippen LogP contribution in [-0.2, 0) is 19.1 Å². The van der Waals surface area contributed by atoms with Crippen molar-refractivity contribution in [3.63, 3.8) is 0 Å². The Morgan fingerprint density at radius 3 is 1.61 bits per heavy atom. The zero-order chi connectivity index (χ0) is 18.5. The Bertz CT molecular complexity index is 490. The number of allylic oxidation sites excluding steroid dienone is 1. The van der Waals surface area contributed by atoms with Gasteiger partial charge in [-0.3, -0.25) is 9.59 Å². The fourth-order valence-electron chi connectivity index (χ4n) is 1.94. The first-order valence-corrected chi connectivity index (χ1v) is 7.74.